The fourth-order valence-corrected chi connectivity index (χ4v) is 3.64. The molecule has 154 valence electrons. The molecule has 0 spiro atoms. The summed E-state index contributed by atoms with van der Waals surface area (Å²) in [6.07, 6.45) is 1.01. The Labute approximate surface area is 171 Å². The quantitative estimate of drug-likeness (QED) is 0.782. The third-order valence-corrected chi connectivity index (χ3v) is 5.12. The molecular weight excluding hydrogens is 369 g/mol. The molecule has 2 amide bonds. The number of anilines is 1. The van der Waals surface area contributed by atoms with E-state index in [1.807, 2.05) is 29.2 Å². The van der Waals surface area contributed by atoms with Crippen molar-refractivity contribution in [2.45, 2.75) is 20.3 Å². The van der Waals surface area contributed by atoms with Crippen molar-refractivity contribution < 1.29 is 18.9 Å². The molecule has 29 heavy (non-hydrogen) atoms. The lowest BCUT2D eigenvalue weighted by Crippen LogP contribution is -3.15. The second-order valence-electron chi connectivity index (χ2n) is 8.07. The van der Waals surface area contributed by atoms with Crippen LogP contribution in [0.3, 0.4) is 0 Å². The molecule has 0 aliphatic carbocycles. The van der Waals surface area contributed by atoms with E-state index in [-0.39, 0.29) is 17.6 Å². The molecule has 2 N–H and O–H groups in total. The Balaban J connectivity index is 1.47. The van der Waals surface area contributed by atoms with Gasteiger partial charge in [0.1, 0.15) is 5.82 Å². The van der Waals surface area contributed by atoms with Crippen LogP contribution in [0, 0.1) is 11.7 Å². The summed E-state index contributed by atoms with van der Waals surface area (Å²) in [6.45, 7) is 7.34. The van der Waals surface area contributed by atoms with Crippen LogP contribution in [0.4, 0.5) is 10.1 Å². The lowest BCUT2D eigenvalue weighted by Gasteiger charge is -2.32. The highest BCUT2D eigenvalue weighted by Gasteiger charge is 2.26. The first-order chi connectivity index (χ1) is 13.9. The summed E-state index contributed by atoms with van der Waals surface area (Å²) < 4.78 is 13.2. The first kappa shape index (κ1) is 21.0. The van der Waals surface area contributed by atoms with Crippen LogP contribution in [-0.2, 0) is 11.2 Å². The maximum Gasteiger partial charge on any atom is 0.279 e. The number of carbonyl (C=O) groups excluding carboxylic acids is 2. The highest BCUT2D eigenvalue weighted by atomic mass is 19.1. The third-order valence-electron chi connectivity index (χ3n) is 5.12. The Bertz CT molecular complexity index is 843. The van der Waals surface area contributed by atoms with E-state index >= 15 is 0 Å². The molecule has 3 rings (SSSR count). The molecule has 0 atom stereocenters. The highest BCUT2D eigenvalue weighted by Crippen LogP contribution is 2.12. The van der Waals surface area contributed by atoms with Gasteiger partial charge >= 0.3 is 0 Å². The molecule has 1 aliphatic rings. The summed E-state index contributed by atoms with van der Waals surface area (Å²) >= 11 is 0. The first-order valence-electron chi connectivity index (χ1n) is 10.2. The summed E-state index contributed by atoms with van der Waals surface area (Å²) in [6, 6.07) is 13.8. The van der Waals surface area contributed by atoms with Gasteiger partial charge in [-0.2, -0.15) is 0 Å². The average Bonchev–Trinajstić information content (AvgIpc) is 2.68. The van der Waals surface area contributed by atoms with Crippen LogP contribution in [0.5, 0.6) is 0 Å². The number of halogens is 1. The highest BCUT2D eigenvalue weighted by molar-refractivity contribution is 5.94. The second-order valence-corrected chi connectivity index (χ2v) is 8.07. The predicted octanol–water partition coefficient (Wildman–Crippen LogP) is 2.00. The van der Waals surface area contributed by atoms with Gasteiger partial charge in [-0.3, -0.25) is 9.59 Å². The lowest BCUT2D eigenvalue weighted by atomic mass is 10.0. The summed E-state index contributed by atoms with van der Waals surface area (Å²) in [5.41, 5.74) is 2.42. The van der Waals surface area contributed by atoms with Gasteiger partial charge in [-0.25, -0.2) is 4.39 Å². The number of amides is 2. The molecule has 0 saturated carbocycles. The fraction of sp³-hybridized carbons (Fsp3) is 0.391. The first-order valence-corrected chi connectivity index (χ1v) is 10.2. The topological polar surface area (TPSA) is 53.9 Å². The van der Waals surface area contributed by atoms with Gasteiger partial charge in [-0.15, -0.1) is 0 Å². The van der Waals surface area contributed by atoms with Crippen molar-refractivity contribution in [1.29, 1.82) is 0 Å². The number of nitrogens with one attached hydrogen (secondary N) is 2. The second kappa shape index (κ2) is 9.65. The average molecular weight is 399 g/mol. The molecule has 0 aromatic heterocycles. The summed E-state index contributed by atoms with van der Waals surface area (Å²) in [5.74, 6) is 0.112. The van der Waals surface area contributed by atoms with Crippen molar-refractivity contribution in [1.82, 2.24) is 4.90 Å². The minimum absolute atomic E-state index is 0.0457. The van der Waals surface area contributed by atoms with Crippen molar-refractivity contribution in [3.05, 3.63) is 65.5 Å². The van der Waals surface area contributed by atoms with E-state index in [1.165, 1.54) is 17.7 Å². The van der Waals surface area contributed by atoms with Crippen LogP contribution < -0.4 is 10.2 Å². The predicted molar refractivity (Wildman–Crippen MR) is 111 cm³/mol. The Kier molecular flexibility index (Phi) is 6.99. The third kappa shape index (κ3) is 6.12. The minimum Gasteiger partial charge on any atom is -0.327 e. The van der Waals surface area contributed by atoms with Crippen LogP contribution in [0.15, 0.2) is 48.5 Å². The Morgan fingerprint density at radius 3 is 2.41 bits per heavy atom. The van der Waals surface area contributed by atoms with Crippen LogP contribution in [0.25, 0.3) is 0 Å². The molecule has 2 aromatic carbocycles. The van der Waals surface area contributed by atoms with E-state index in [2.05, 4.69) is 19.2 Å². The molecule has 1 fully saturated rings. The van der Waals surface area contributed by atoms with E-state index in [1.54, 1.807) is 12.1 Å². The van der Waals surface area contributed by atoms with Crippen LogP contribution in [0.2, 0.25) is 0 Å². The summed E-state index contributed by atoms with van der Waals surface area (Å²) in [7, 11) is 0. The Morgan fingerprint density at radius 2 is 1.79 bits per heavy atom. The number of hydrogen-bond acceptors (Lipinski definition) is 2. The van der Waals surface area contributed by atoms with Crippen molar-refractivity contribution in [3.63, 3.8) is 0 Å². The van der Waals surface area contributed by atoms with Gasteiger partial charge < -0.3 is 15.1 Å². The molecule has 0 radical (unpaired) electrons. The van der Waals surface area contributed by atoms with Gasteiger partial charge in [0.25, 0.3) is 11.8 Å². The number of piperazine rings is 1. The van der Waals surface area contributed by atoms with Gasteiger partial charge in [0.15, 0.2) is 6.54 Å². The van der Waals surface area contributed by atoms with Crippen molar-refractivity contribution in [2.24, 2.45) is 5.92 Å². The van der Waals surface area contributed by atoms with Crippen molar-refractivity contribution in [3.8, 4) is 0 Å². The van der Waals surface area contributed by atoms with Crippen LogP contribution in [0.1, 0.15) is 29.8 Å². The Morgan fingerprint density at radius 1 is 1.10 bits per heavy atom. The standard InChI is InChI=1S/C23H28FN3O2/c1-17(2)14-18-6-8-19(9-7-18)23(29)27-12-10-26(11-13-27)16-22(28)25-21-5-3-4-20(24)15-21/h3-9,15,17H,10-14,16H2,1-2H3,(H,25,28)/p+1. The molecule has 1 heterocycles. The zero-order valence-corrected chi connectivity index (χ0v) is 17.1. The number of rotatable bonds is 6. The lowest BCUT2D eigenvalue weighted by molar-refractivity contribution is -0.895. The molecule has 1 aliphatic heterocycles. The number of hydrogen-bond donors (Lipinski definition) is 2. The molecule has 0 bridgehead atoms. The van der Waals surface area contributed by atoms with Gasteiger partial charge in [-0.05, 0) is 48.2 Å². The van der Waals surface area contributed by atoms with Crippen molar-refractivity contribution in [2.75, 3.05) is 38.0 Å². The maximum atomic E-state index is 13.2. The van der Waals surface area contributed by atoms with E-state index in [0.29, 0.717) is 49.9 Å². The molecule has 2 aromatic rings. The fourth-order valence-electron chi connectivity index (χ4n) is 3.64. The zero-order chi connectivity index (χ0) is 20.8. The van der Waals surface area contributed by atoms with E-state index in [0.717, 1.165) is 11.3 Å². The van der Waals surface area contributed by atoms with Gasteiger partial charge in [-0.1, -0.05) is 32.0 Å². The van der Waals surface area contributed by atoms with E-state index < -0.39 is 0 Å². The van der Waals surface area contributed by atoms with E-state index in [4.69, 9.17) is 0 Å². The van der Waals surface area contributed by atoms with Gasteiger partial charge in [0.05, 0.1) is 26.2 Å². The number of benzene rings is 2. The summed E-state index contributed by atoms with van der Waals surface area (Å²) in [5, 5.41) is 2.73. The molecule has 1 saturated heterocycles. The van der Waals surface area contributed by atoms with Crippen LogP contribution in [-0.4, -0.2) is 49.4 Å². The molecule has 6 heteroatoms. The molecule has 5 nitrogen and oxygen atoms in total. The number of nitrogens with zero attached hydrogens (tertiary/aromatic N) is 1. The maximum absolute atomic E-state index is 13.2. The zero-order valence-electron chi connectivity index (χ0n) is 17.1. The van der Waals surface area contributed by atoms with Gasteiger partial charge in [0.2, 0.25) is 0 Å². The van der Waals surface area contributed by atoms with Crippen LogP contribution >= 0.6 is 0 Å². The molecular formula is C23H29FN3O2+. The minimum atomic E-state index is -0.375. The van der Waals surface area contributed by atoms with Gasteiger partial charge in [0, 0.05) is 11.3 Å². The molecule has 0 unspecified atom stereocenters. The van der Waals surface area contributed by atoms with Crippen molar-refractivity contribution >= 4 is 17.5 Å². The number of carbonyl (C=O) groups is 2. The normalized spacial score (nSPS) is 14.8. The number of quaternary nitrogens is 1. The monoisotopic (exact) mass is 398 g/mol. The smallest absolute Gasteiger partial charge is 0.279 e. The SMILES string of the molecule is CC(C)Cc1ccc(C(=O)N2CC[NH+](CC(=O)Nc3cccc(F)c3)CC2)cc1. The summed E-state index contributed by atoms with van der Waals surface area (Å²) in [4.78, 5) is 27.9. The Hall–Kier alpha value is -2.73. The van der Waals surface area contributed by atoms with E-state index in [9.17, 15) is 14.0 Å². The largest absolute Gasteiger partial charge is 0.327 e.